The summed E-state index contributed by atoms with van der Waals surface area (Å²) in [4.78, 5) is 15.2. The maximum absolute atomic E-state index is 12.7. The van der Waals surface area contributed by atoms with Crippen molar-refractivity contribution in [2.24, 2.45) is 0 Å². The summed E-state index contributed by atoms with van der Waals surface area (Å²) in [5, 5.41) is 0.990. The van der Waals surface area contributed by atoms with Crippen LogP contribution in [0.2, 0.25) is 0 Å². The van der Waals surface area contributed by atoms with Gasteiger partial charge < -0.3 is 15.4 Å². The molecule has 5 heteroatoms. The van der Waals surface area contributed by atoms with Gasteiger partial charge in [0.25, 0.3) is 5.91 Å². The minimum Gasteiger partial charge on any atom is -0.397 e. The SMILES string of the molecule is Cc1cccc2c(N)c(C(=O)N3CCCOCC3)sc12. The fraction of sp³-hybridized carbons (Fsp3) is 0.400. The topological polar surface area (TPSA) is 55.6 Å². The number of carbonyl (C=O) groups is 1. The number of anilines is 1. The van der Waals surface area contributed by atoms with Crippen LogP contribution in [0, 0.1) is 6.92 Å². The average molecular weight is 290 g/mol. The molecule has 0 atom stereocenters. The molecule has 0 radical (unpaired) electrons. The Kier molecular flexibility index (Phi) is 3.63. The zero-order valence-corrected chi connectivity index (χ0v) is 12.3. The second-order valence-corrected chi connectivity index (χ2v) is 6.08. The fourth-order valence-electron chi connectivity index (χ4n) is 2.53. The lowest BCUT2D eigenvalue weighted by Gasteiger charge is -2.18. The number of carbonyl (C=O) groups excluding carboxylic acids is 1. The summed E-state index contributed by atoms with van der Waals surface area (Å²) in [5.74, 6) is 0.0357. The van der Waals surface area contributed by atoms with E-state index in [1.165, 1.54) is 11.3 Å². The molecule has 1 saturated heterocycles. The third-order valence-electron chi connectivity index (χ3n) is 3.65. The van der Waals surface area contributed by atoms with Crippen LogP contribution in [-0.2, 0) is 4.74 Å². The summed E-state index contributed by atoms with van der Waals surface area (Å²) >= 11 is 1.50. The molecule has 1 amide bonds. The average Bonchev–Trinajstić information content (AvgIpc) is 2.66. The number of thiophene rings is 1. The Balaban J connectivity index is 1.99. The lowest BCUT2D eigenvalue weighted by Crippen LogP contribution is -2.33. The molecule has 1 aliphatic heterocycles. The van der Waals surface area contributed by atoms with Gasteiger partial charge in [-0.2, -0.15) is 0 Å². The highest BCUT2D eigenvalue weighted by molar-refractivity contribution is 7.21. The van der Waals surface area contributed by atoms with Gasteiger partial charge in [-0.1, -0.05) is 18.2 Å². The molecule has 2 aromatic rings. The number of hydrogen-bond acceptors (Lipinski definition) is 4. The molecular weight excluding hydrogens is 272 g/mol. The van der Waals surface area contributed by atoms with Crippen molar-refractivity contribution in [2.45, 2.75) is 13.3 Å². The Morgan fingerprint density at radius 2 is 2.20 bits per heavy atom. The fourth-order valence-corrected chi connectivity index (χ4v) is 3.69. The highest BCUT2D eigenvalue weighted by atomic mass is 32.1. The first kappa shape index (κ1) is 13.4. The van der Waals surface area contributed by atoms with Gasteiger partial charge in [0.05, 0.1) is 12.3 Å². The first-order valence-electron chi connectivity index (χ1n) is 6.83. The number of aryl methyl sites for hydroxylation is 1. The maximum Gasteiger partial charge on any atom is 0.266 e. The van der Waals surface area contributed by atoms with Crippen LogP contribution in [0.15, 0.2) is 18.2 Å². The standard InChI is InChI=1S/C15H18N2O2S/c1-10-4-2-5-11-12(16)14(20-13(10)11)15(18)17-6-3-8-19-9-7-17/h2,4-5H,3,6-9,16H2,1H3. The third-order valence-corrected chi connectivity index (χ3v) is 5.00. The number of fused-ring (bicyclic) bond motifs is 1. The minimum atomic E-state index is 0.0357. The Morgan fingerprint density at radius 1 is 1.35 bits per heavy atom. The Bertz CT molecular complexity index is 643. The smallest absolute Gasteiger partial charge is 0.266 e. The van der Waals surface area contributed by atoms with Gasteiger partial charge in [-0.15, -0.1) is 11.3 Å². The molecule has 2 N–H and O–H groups in total. The molecule has 20 heavy (non-hydrogen) atoms. The molecule has 4 nitrogen and oxygen atoms in total. The third kappa shape index (κ3) is 2.27. The molecule has 1 aliphatic rings. The summed E-state index contributed by atoms with van der Waals surface area (Å²) in [6.45, 7) is 4.77. The Morgan fingerprint density at radius 3 is 3.00 bits per heavy atom. The van der Waals surface area contributed by atoms with Gasteiger partial charge in [0.15, 0.2) is 0 Å². The van der Waals surface area contributed by atoms with Crippen LogP contribution in [0.4, 0.5) is 5.69 Å². The van der Waals surface area contributed by atoms with Crippen molar-refractivity contribution in [1.82, 2.24) is 4.90 Å². The van der Waals surface area contributed by atoms with E-state index in [-0.39, 0.29) is 5.91 Å². The van der Waals surface area contributed by atoms with E-state index in [9.17, 15) is 4.79 Å². The molecule has 0 spiro atoms. The summed E-state index contributed by atoms with van der Waals surface area (Å²) in [6, 6.07) is 6.01. The van der Waals surface area contributed by atoms with E-state index < -0.39 is 0 Å². The van der Waals surface area contributed by atoms with E-state index in [0.717, 1.165) is 35.2 Å². The lowest BCUT2D eigenvalue weighted by molar-refractivity contribution is 0.0747. The number of nitrogens with zero attached hydrogens (tertiary/aromatic N) is 1. The molecule has 0 bridgehead atoms. The predicted octanol–water partition coefficient (Wildman–Crippen LogP) is 2.65. The number of ether oxygens (including phenoxy) is 1. The van der Waals surface area contributed by atoms with Crippen LogP contribution < -0.4 is 5.73 Å². The predicted molar refractivity (Wildman–Crippen MR) is 82.3 cm³/mol. The van der Waals surface area contributed by atoms with Crippen LogP contribution in [0.3, 0.4) is 0 Å². The number of nitrogen functional groups attached to an aromatic ring is 1. The first-order chi connectivity index (χ1) is 9.68. The molecule has 0 unspecified atom stereocenters. The van der Waals surface area contributed by atoms with E-state index in [0.29, 0.717) is 23.7 Å². The van der Waals surface area contributed by atoms with E-state index in [4.69, 9.17) is 10.5 Å². The lowest BCUT2D eigenvalue weighted by atomic mass is 10.1. The highest BCUT2D eigenvalue weighted by Crippen LogP contribution is 2.36. The van der Waals surface area contributed by atoms with Crippen molar-refractivity contribution in [3.63, 3.8) is 0 Å². The largest absolute Gasteiger partial charge is 0.397 e. The van der Waals surface area contributed by atoms with Crippen LogP contribution in [-0.4, -0.2) is 37.1 Å². The van der Waals surface area contributed by atoms with Gasteiger partial charge >= 0.3 is 0 Å². The van der Waals surface area contributed by atoms with Crippen molar-refractivity contribution in [1.29, 1.82) is 0 Å². The number of benzene rings is 1. The normalized spacial score (nSPS) is 16.4. The monoisotopic (exact) mass is 290 g/mol. The van der Waals surface area contributed by atoms with Crippen molar-refractivity contribution < 1.29 is 9.53 Å². The molecule has 1 aromatic heterocycles. The molecule has 1 aromatic carbocycles. The van der Waals surface area contributed by atoms with E-state index >= 15 is 0 Å². The van der Waals surface area contributed by atoms with Crippen molar-refractivity contribution in [3.8, 4) is 0 Å². The maximum atomic E-state index is 12.7. The second-order valence-electron chi connectivity index (χ2n) is 5.05. The van der Waals surface area contributed by atoms with Gasteiger partial charge in [-0.05, 0) is 18.9 Å². The number of rotatable bonds is 1. The molecule has 1 fully saturated rings. The number of amides is 1. The van der Waals surface area contributed by atoms with Gasteiger partial charge in [-0.3, -0.25) is 4.79 Å². The van der Waals surface area contributed by atoms with Gasteiger partial charge in [0.1, 0.15) is 4.88 Å². The zero-order chi connectivity index (χ0) is 14.1. The van der Waals surface area contributed by atoms with Crippen LogP contribution in [0.1, 0.15) is 21.7 Å². The Labute approximate surface area is 122 Å². The Hall–Kier alpha value is -1.59. The van der Waals surface area contributed by atoms with Gasteiger partial charge in [-0.25, -0.2) is 0 Å². The quantitative estimate of drug-likeness (QED) is 0.878. The first-order valence-corrected chi connectivity index (χ1v) is 7.64. The minimum absolute atomic E-state index is 0.0357. The van der Waals surface area contributed by atoms with E-state index in [1.54, 1.807) is 0 Å². The second kappa shape index (κ2) is 5.42. The van der Waals surface area contributed by atoms with Crippen LogP contribution in [0.25, 0.3) is 10.1 Å². The zero-order valence-electron chi connectivity index (χ0n) is 11.5. The summed E-state index contributed by atoms with van der Waals surface area (Å²) in [6.07, 6.45) is 0.884. The highest BCUT2D eigenvalue weighted by Gasteiger charge is 2.23. The van der Waals surface area contributed by atoms with Crippen molar-refractivity contribution in [3.05, 3.63) is 28.6 Å². The van der Waals surface area contributed by atoms with Gasteiger partial charge in [0, 0.05) is 29.8 Å². The summed E-state index contributed by atoms with van der Waals surface area (Å²) in [5.41, 5.74) is 7.97. The molecular formula is C15H18N2O2S. The summed E-state index contributed by atoms with van der Waals surface area (Å²) < 4.78 is 6.51. The summed E-state index contributed by atoms with van der Waals surface area (Å²) in [7, 11) is 0. The van der Waals surface area contributed by atoms with Crippen molar-refractivity contribution >= 4 is 33.0 Å². The number of nitrogens with two attached hydrogens (primary N) is 1. The van der Waals surface area contributed by atoms with Gasteiger partial charge in [0.2, 0.25) is 0 Å². The van der Waals surface area contributed by atoms with E-state index in [2.05, 4.69) is 0 Å². The number of hydrogen-bond donors (Lipinski definition) is 1. The molecule has 3 rings (SSSR count). The van der Waals surface area contributed by atoms with Crippen LogP contribution in [0.5, 0.6) is 0 Å². The van der Waals surface area contributed by atoms with Crippen LogP contribution >= 0.6 is 11.3 Å². The molecule has 0 saturated carbocycles. The molecule has 0 aliphatic carbocycles. The van der Waals surface area contributed by atoms with E-state index in [1.807, 2.05) is 30.0 Å². The molecule has 2 heterocycles. The van der Waals surface area contributed by atoms with Crippen molar-refractivity contribution in [2.75, 3.05) is 32.0 Å². The molecule has 106 valence electrons.